The molecule has 0 amide bonds. The molecule has 0 aromatic rings. The van der Waals surface area contributed by atoms with Crippen LogP contribution >= 0.6 is 0 Å². The van der Waals surface area contributed by atoms with Gasteiger partial charge < -0.3 is 0 Å². The molecule has 0 aliphatic carbocycles. The van der Waals surface area contributed by atoms with Crippen LogP contribution in [0.15, 0.2) is 0 Å². The molecule has 0 aromatic heterocycles. The van der Waals surface area contributed by atoms with Crippen LogP contribution in [0.5, 0.6) is 0 Å². The Bertz CT molecular complexity index is 600. The molecule has 0 unspecified atom stereocenters. The van der Waals surface area contributed by atoms with Gasteiger partial charge in [0.2, 0.25) is 0 Å². The third-order valence-electron chi connectivity index (χ3n) is 2.30. The molecule has 0 bridgehead atoms. The second-order valence-corrected chi connectivity index (χ2v) is 3.95. The third-order valence-corrected chi connectivity index (χ3v) is 2.30. The third kappa shape index (κ3) is 4.36. The van der Waals surface area contributed by atoms with E-state index >= 15 is 0 Å². The van der Waals surface area contributed by atoms with Crippen LogP contribution in [0.1, 0.15) is 0 Å². The maximum atomic E-state index is 11.3. The maximum Gasteiger partial charge on any atom is 0.690 e. The van der Waals surface area contributed by atoms with Crippen molar-refractivity contribution in [3.63, 3.8) is 0 Å². The first kappa shape index (κ1) is 21.7. The second kappa shape index (κ2) is 7.49. The summed E-state index contributed by atoms with van der Waals surface area (Å²) in [7, 11) is 0. The summed E-state index contributed by atoms with van der Waals surface area (Å²) in [6.45, 7) is -4.61. The van der Waals surface area contributed by atoms with Gasteiger partial charge in [-0.2, -0.15) is 0 Å². The van der Waals surface area contributed by atoms with Gasteiger partial charge in [0, 0.05) is 9.85 Å². The van der Waals surface area contributed by atoms with E-state index in [9.17, 15) is 65.5 Å². The first-order valence-corrected chi connectivity index (χ1v) is 5.45. The Morgan fingerprint density at radius 1 is 0.615 bits per heavy atom. The average molecular weight is 388 g/mol. The topological polar surface area (TPSA) is 294 Å². The van der Waals surface area contributed by atoms with Crippen molar-refractivity contribution in [3.05, 3.63) is 60.7 Å². The van der Waals surface area contributed by atoms with Crippen LogP contribution in [-0.4, -0.2) is 60.5 Å². The molecule has 21 nitrogen and oxygen atoms in total. The number of carbonyl (C=O) groups is 1. The van der Waals surface area contributed by atoms with Gasteiger partial charge in [-0.15, -0.1) is 0 Å². The maximum absolute atomic E-state index is 11.3. The van der Waals surface area contributed by atoms with Crippen LogP contribution in [-0.2, 0) is 9.47 Å². The first-order valence-electron chi connectivity index (χ1n) is 5.45. The van der Waals surface area contributed by atoms with Crippen molar-refractivity contribution < 1.29 is 43.8 Å². The van der Waals surface area contributed by atoms with E-state index in [1.165, 1.54) is 0 Å². The SMILES string of the molecule is O=C(OC(C[N+](=O)[O-])([N+](=O)[O-])[N+](=O)[O-])OC(C[N+](=O)[O-])([N+](=O)[O-])[N+](=O)[O-]. The molecule has 21 heteroatoms. The fourth-order valence-corrected chi connectivity index (χ4v) is 1.20. The smallest absolute Gasteiger partial charge is 0.298 e. The minimum absolute atomic E-state index is 1.68. The summed E-state index contributed by atoms with van der Waals surface area (Å²) in [6, 6.07) is 0. The number of carbonyl (C=O) groups excluding carboxylic acids is 1. The predicted octanol–water partition coefficient (Wildman–Crippen LogP) is -1.89. The van der Waals surface area contributed by atoms with Gasteiger partial charge in [0.1, 0.15) is 19.7 Å². The summed E-state index contributed by atoms with van der Waals surface area (Å²) in [6.07, 6.45) is -2.88. The van der Waals surface area contributed by atoms with E-state index < -0.39 is 60.5 Å². The van der Waals surface area contributed by atoms with Crippen molar-refractivity contribution >= 4 is 6.16 Å². The number of hydrogen-bond donors (Lipinski definition) is 0. The van der Waals surface area contributed by atoms with E-state index in [1.54, 1.807) is 0 Å². The predicted molar refractivity (Wildman–Crippen MR) is 64.7 cm³/mol. The van der Waals surface area contributed by atoms with Crippen molar-refractivity contribution in [2.45, 2.75) is 11.7 Å². The van der Waals surface area contributed by atoms with E-state index in [1.807, 2.05) is 0 Å². The van der Waals surface area contributed by atoms with Crippen molar-refractivity contribution in [1.82, 2.24) is 0 Å². The molecule has 0 radical (unpaired) electrons. The minimum Gasteiger partial charge on any atom is -0.298 e. The molecular weight excluding hydrogens is 384 g/mol. The quantitative estimate of drug-likeness (QED) is 0.171. The zero-order chi connectivity index (χ0) is 20.9. The lowest BCUT2D eigenvalue weighted by atomic mass is 10.4. The standard InChI is InChI=1S/C5H4N6O15/c12-3(25-4(8(17)18,9(19)20)1-6(13)14)26-5(10(21)22,11(23)24)2-7(15)16/h1-2H2. The molecule has 0 saturated heterocycles. The van der Waals surface area contributed by atoms with Gasteiger partial charge in [0.25, 0.3) is 0 Å². The number of nitrogens with zero attached hydrogens (tertiary/aromatic N) is 6. The minimum atomic E-state index is -4.37. The van der Waals surface area contributed by atoms with Crippen LogP contribution in [0.2, 0.25) is 0 Å². The normalized spacial score (nSPS) is 11.1. The lowest BCUT2D eigenvalue weighted by Gasteiger charge is -2.15. The largest absolute Gasteiger partial charge is 0.690 e. The molecule has 0 atom stereocenters. The van der Waals surface area contributed by atoms with Gasteiger partial charge in [0.15, 0.2) is 0 Å². The monoisotopic (exact) mass is 388 g/mol. The van der Waals surface area contributed by atoms with E-state index in [0.29, 0.717) is 0 Å². The van der Waals surface area contributed by atoms with Crippen molar-refractivity contribution in [2.75, 3.05) is 13.1 Å². The molecular formula is C5H4N6O15. The zero-order valence-electron chi connectivity index (χ0n) is 11.7. The van der Waals surface area contributed by atoms with E-state index in [-0.39, 0.29) is 0 Å². The molecule has 26 heavy (non-hydrogen) atoms. The van der Waals surface area contributed by atoms with E-state index in [0.717, 1.165) is 0 Å². The highest BCUT2D eigenvalue weighted by Crippen LogP contribution is 2.20. The summed E-state index contributed by atoms with van der Waals surface area (Å²) >= 11 is 0. The fraction of sp³-hybridized carbons (Fsp3) is 0.800. The van der Waals surface area contributed by atoms with Gasteiger partial charge in [0.05, 0.1) is 0 Å². The Morgan fingerprint density at radius 3 is 1.00 bits per heavy atom. The molecule has 0 N–H and O–H groups in total. The molecule has 0 rings (SSSR count). The molecule has 144 valence electrons. The van der Waals surface area contributed by atoms with Crippen LogP contribution < -0.4 is 0 Å². The van der Waals surface area contributed by atoms with Crippen LogP contribution in [0.3, 0.4) is 0 Å². The Kier molecular flexibility index (Phi) is 6.25. The van der Waals surface area contributed by atoms with Crippen LogP contribution in [0.25, 0.3) is 0 Å². The summed E-state index contributed by atoms with van der Waals surface area (Å²) in [4.78, 5) is 63.0. The number of nitro groups is 6. The van der Waals surface area contributed by atoms with Gasteiger partial charge >= 0.3 is 30.9 Å². The van der Waals surface area contributed by atoms with Gasteiger partial charge in [-0.25, -0.2) is 4.79 Å². The summed E-state index contributed by atoms with van der Waals surface area (Å²) in [5, 5.41) is 63.4. The summed E-state index contributed by atoms with van der Waals surface area (Å²) in [5.74, 6) is -8.73. The Morgan fingerprint density at radius 2 is 0.846 bits per heavy atom. The first-order chi connectivity index (χ1) is 11.7. The molecule has 0 spiro atoms. The number of ether oxygens (including phenoxy) is 2. The molecule has 0 aliphatic rings. The highest BCUT2D eigenvalue weighted by Gasteiger charge is 2.72. The van der Waals surface area contributed by atoms with E-state index in [4.69, 9.17) is 0 Å². The Hall–Kier alpha value is -4.33. The second-order valence-electron chi connectivity index (χ2n) is 3.95. The zero-order valence-corrected chi connectivity index (χ0v) is 11.7. The highest BCUT2D eigenvalue weighted by atomic mass is 16.9. The van der Waals surface area contributed by atoms with Gasteiger partial charge in [-0.05, 0) is 0 Å². The van der Waals surface area contributed by atoms with Crippen LogP contribution in [0.4, 0.5) is 4.79 Å². The summed E-state index contributed by atoms with van der Waals surface area (Å²) < 4.78 is 6.95. The molecule has 0 aliphatic heterocycles. The molecule has 0 heterocycles. The van der Waals surface area contributed by atoms with Crippen molar-refractivity contribution in [2.24, 2.45) is 0 Å². The number of rotatable bonds is 10. The van der Waals surface area contributed by atoms with Gasteiger partial charge in [-0.1, -0.05) is 0 Å². The lowest BCUT2D eigenvalue weighted by molar-refractivity contribution is -0.874. The van der Waals surface area contributed by atoms with Crippen molar-refractivity contribution in [3.8, 4) is 0 Å². The van der Waals surface area contributed by atoms with Crippen molar-refractivity contribution in [1.29, 1.82) is 0 Å². The average Bonchev–Trinajstić information content (AvgIpc) is 2.43. The van der Waals surface area contributed by atoms with Gasteiger partial charge in [-0.3, -0.25) is 70.2 Å². The van der Waals surface area contributed by atoms with Crippen LogP contribution in [0, 0.1) is 60.7 Å². The molecule has 0 saturated carbocycles. The van der Waals surface area contributed by atoms with E-state index in [2.05, 4.69) is 9.47 Å². The lowest BCUT2D eigenvalue weighted by Crippen LogP contribution is -2.59. The molecule has 0 aromatic carbocycles. The summed E-state index contributed by atoms with van der Waals surface area (Å²) in [5.41, 5.74) is 0. The number of hydrogen-bond acceptors (Lipinski definition) is 15. The fourth-order valence-electron chi connectivity index (χ4n) is 1.20. The Labute approximate surface area is 137 Å². The highest BCUT2D eigenvalue weighted by molar-refractivity contribution is 5.60. The molecule has 0 fully saturated rings. The Balaban J connectivity index is 5.93.